The third-order valence-electron chi connectivity index (χ3n) is 7.64. The van der Waals surface area contributed by atoms with Crippen molar-refractivity contribution >= 4 is 45.0 Å². The smallest absolute Gasteiger partial charge is 0.252 e. The van der Waals surface area contributed by atoms with E-state index in [1.54, 1.807) is 18.2 Å². The Morgan fingerprint density at radius 1 is 0.840 bits per heavy atom. The summed E-state index contributed by atoms with van der Waals surface area (Å²) in [5.74, 6) is -1.77. The standard InChI is InChI=1S/C33H48Cl2N4O10S/c1-3-11-46-12-8-36-32(42)30(40)31(41)33(43)37-9-13-47-15-17-49-18-16-48-14-10-38-50(44,45)25-6-4-23(5-7-25)27-21-39(2)22-28-26(27)19-24(34)20-29(28)35/h4-7,19-20,27,30-31,38,40-41H,3,8-18,21-22H2,1-2H3,(H,36,42)(H,37,43)/t27-,30-,31-/m0/s1. The van der Waals surface area contributed by atoms with E-state index in [9.17, 15) is 28.2 Å². The van der Waals surface area contributed by atoms with Crippen molar-refractivity contribution < 1.29 is 47.2 Å². The number of aliphatic hydroxyl groups is 2. The Bertz CT molecular complexity index is 1470. The number of sulfonamides is 1. The fourth-order valence-corrected chi connectivity index (χ4v) is 6.70. The number of nitrogens with zero attached hydrogens (tertiary/aromatic N) is 1. The van der Waals surface area contributed by atoms with Gasteiger partial charge in [0.25, 0.3) is 11.8 Å². The van der Waals surface area contributed by atoms with Gasteiger partial charge in [0.05, 0.1) is 51.1 Å². The fourth-order valence-electron chi connectivity index (χ4n) is 5.12. The summed E-state index contributed by atoms with van der Waals surface area (Å²) in [5.41, 5.74) is 3.04. The molecule has 1 aliphatic heterocycles. The van der Waals surface area contributed by atoms with Gasteiger partial charge in [-0.1, -0.05) is 42.3 Å². The zero-order valence-corrected chi connectivity index (χ0v) is 30.7. The average molecular weight is 764 g/mol. The molecule has 1 aliphatic rings. The van der Waals surface area contributed by atoms with E-state index in [2.05, 4.69) is 20.3 Å². The molecule has 2 amide bonds. The van der Waals surface area contributed by atoms with E-state index < -0.39 is 34.0 Å². The number of aliphatic hydroxyl groups excluding tert-OH is 2. The molecule has 3 rings (SSSR count). The topological polar surface area (TPSA) is 185 Å². The third-order valence-corrected chi connectivity index (χ3v) is 9.68. The normalized spacial score (nSPS) is 16.1. The molecule has 2 aromatic rings. The largest absolute Gasteiger partial charge is 0.380 e. The maximum Gasteiger partial charge on any atom is 0.252 e. The van der Waals surface area contributed by atoms with Gasteiger partial charge in [0.2, 0.25) is 10.0 Å². The number of carbonyl (C=O) groups is 2. The molecule has 0 bridgehead atoms. The zero-order valence-electron chi connectivity index (χ0n) is 28.4. The van der Waals surface area contributed by atoms with E-state index in [-0.39, 0.29) is 76.7 Å². The van der Waals surface area contributed by atoms with Gasteiger partial charge in [-0.3, -0.25) is 9.59 Å². The lowest BCUT2D eigenvalue weighted by molar-refractivity contribution is -0.146. The van der Waals surface area contributed by atoms with Crippen LogP contribution in [0.5, 0.6) is 0 Å². The minimum Gasteiger partial charge on any atom is -0.380 e. The predicted molar refractivity (Wildman–Crippen MR) is 188 cm³/mol. The Morgan fingerprint density at radius 2 is 1.36 bits per heavy atom. The van der Waals surface area contributed by atoms with Crippen molar-refractivity contribution in [1.29, 1.82) is 0 Å². The number of likely N-dealkylation sites (N-methyl/N-ethyl adjacent to an activating group) is 1. The number of hydrogen-bond acceptors (Lipinski definition) is 11. The number of carbonyl (C=O) groups excluding carboxylic acids is 2. The molecule has 0 saturated heterocycles. The maximum absolute atomic E-state index is 12.8. The summed E-state index contributed by atoms with van der Waals surface area (Å²) in [7, 11) is -1.72. The van der Waals surface area contributed by atoms with E-state index >= 15 is 0 Å². The van der Waals surface area contributed by atoms with Crippen LogP contribution in [0, 0.1) is 0 Å². The van der Waals surface area contributed by atoms with Crippen LogP contribution in [0.2, 0.25) is 10.0 Å². The lowest BCUT2D eigenvalue weighted by Crippen LogP contribution is -2.50. The summed E-state index contributed by atoms with van der Waals surface area (Å²) in [5, 5.41) is 25.7. The second kappa shape index (κ2) is 21.8. The number of amides is 2. The zero-order chi connectivity index (χ0) is 36.5. The van der Waals surface area contributed by atoms with Crippen LogP contribution in [0.1, 0.15) is 36.0 Å². The van der Waals surface area contributed by atoms with Gasteiger partial charge in [0, 0.05) is 55.3 Å². The van der Waals surface area contributed by atoms with Gasteiger partial charge >= 0.3 is 0 Å². The van der Waals surface area contributed by atoms with E-state index in [0.29, 0.717) is 23.2 Å². The van der Waals surface area contributed by atoms with Crippen LogP contribution in [0.4, 0.5) is 0 Å². The monoisotopic (exact) mass is 762 g/mol. The van der Waals surface area contributed by atoms with Crippen LogP contribution < -0.4 is 15.4 Å². The van der Waals surface area contributed by atoms with Gasteiger partial charge in [-0.2, -0.15) is 0 Å². The Balaban J connectivity index is 1.23. The molecule has 2 aromatic carbocycles. The lowest BCUT2D eigenvalue weighted by atomic mass is 9.85. The maximum atomic E-state index is 12.8. The van der Waals surface area contributed by atoms with Crippen LogP contribution in [0.15, 0.2) is 41.3 Å². The number of fused-ring (bicyclic) bond motifs is 1. The molecular weight excluding hydrogens is 715 g/mol. The van der Waals surface area contributed by atoms with Crippen molar-refractivity contribution in [3.8, 4) is 0 Å². The molecule has 17 heteroatoms. The molecule has 3 atom stereocenters. The quantitative estimate of drug-likeness (QED) is 0.103. The van der Waals surface area contributed by atoms with Crippen LogP contribution in [0.3, 0.4) is 0 Å². The van der Waals surface area contributed by atoms with Gasteiger partial charge in [0.1, 0.15) is 0 Å². The van der Waals surface area contributed by atoms with Crippen LogP contribution >= 0.6 is 23.2 Å². The van der Waals surface area contributed by atoms with Crippen molar-refractivity contribution in [1.82, 2.24) is 20.3 Å². The fraction of sp³-hybridized carbons (Fsp3) is 0.576. The van der Waals surface area contributed by atoms with Gasteiger partial charge in [0.15, 0.2) is 12.2 Å². The summed E-state index contributed by atoms with van der Waals surface area (Å²) in [6, 6.07) is 10.5. The molecule has 0 spiro atoms. The Morgan fingerprint density at radius 3 is 1.92 bits per heavy atom. The molecule has 14 nitrogen and oxygen atoms in total. The summed E-state index contributed by atoms with van der Waals surface area (Å²) in [6.07, 6.45) is -3.00. The minimum absolute atomic E-state index is 0.00350. The number of nitrogens with one attached hydrogen (secondary N) is 3. The van der Waals surface area contributed by atoms with E-state index in [0.717, 1.165) is 29.7 Å². The second-order valence-electron chi connectivity index (χ2n) is 11.6. The molecule has 0 radical (unpaired) electrons. The van der Waals surface area contributed by atoms with E-state index in [1.807, 2.05) is 32.2 Å². The summed E-state index contributed by atoms with van der Waals surface area (Å²) in [4.78, 5) is 26.1. The number of ether oxygens (including phenoxy) is 4. The van der Waals surface area contributed by atoms with Crippen LogP contribution in [-0.4, -0.2) is 134 Å². The lowest BCUT2D eigenvalue weighted by Gasteiger charge is -2.33. The first-order chi connectivity index (χ1) is 23.9. The third kappa shape index (κ3) is 13.6. The molecule has 1 heterocycles. The highest BCUT2D eigenvalue weighted by molar-refractivity contribution is 7.89. The predicted octanol–water partition coefficient (Wildman–Crippen LogP) is 1.28. The highest BCUT2D eigenvalue weighted by atomic mass is 35.5. The van der Waals surface area contributed by atoms with E-state index in [4.69, 9.17) is 42.1 Å². The Hall–Kier alpha value is -2.41. The molecule has 5 N–H and O–H groups in total. The first kappa shape index (κ1) is 42.0. The highest BCUT2D eigenvalue weighted by Crippen LogP contribution is 2.38. The van der Waals surface area contributed by atoms with Crippen molar-refractivity contribution in [2.24, 2.45) is 0 Å². The first-order valence-electron chi connectivity index (χ1n) is 16.4. The molecule has 0 unspecified atom stereocenters. The Kier molecular flexibility index (Phi) is 18.3. The number of halogens is 2. The molecule has 0 saturated carbocycles. The van der Waals surface area contributed by atoms with Gasteiger partial charge < -0.3 is 44.7 Å². The average Bonchev–Trinajstić information content (AvgIpc) is 3.09. The van der Waals surface area contributed by atoms with Crippen molar-refractivity contribution in [3.05, 3.63) is 63.1 Å². The SMILES string of the molecule is CCCOCCNC(=O)[C@@H](O)[C@H](O)C(=O)NCCOCCOCCOCCNS(=O)(=O)c1ccc([C@@H]2CN(C)Cc3c(Cl)cc(Cl)cc32)cc1. The minimum atomic E-state index is -3.73. The molecule has 0 aromatic heterocycles. The number of benzene rings is 2. The number of hydrogen-bond donors (Lipinski definition) is 5. The molecule has 0 aliphatic carbocycles. The van der Waals surface area contributed by atoms with Crippen molar-refractivity contribution in [2.45, 2.75) is 42.9 Å². The second-order valence-corrected chi connectivity index (χ2v) is 14.2. The van der Waals surface area contributed by atoms with E-state index in [1.165, 1.54) is 0 Å². The van der Waals surface area contributed by atoms with Gasteiger partial charge in [-0.25, -0.2) is 13.1 Å². The van der Waals surface area contributed by atoms with Gasteiger partial charge in [-0.15, -0.1) is 0 Å². The van der Waals surface area contributed by atoms with Crippen molar-refractivity contribution in [2.75, 3.05) is 86.1 Å². The summed E-state index contributed by atoms with van der Waals surface area (Å²) in [6.45, 7) is 5.76. The molecule has 280 valence electrons. The van der Waals surface area contributed by atoms with Crippen LogP contribution in [0.25, 0.3) is 0 Å². The summed E-state index contributed by atoms with van der Waals surface area (Å²) >= 11 is 12.8. The number of rotatable bonds is 23. The summed E-state index contributed by atoms with van der Waals surface area (Å²) < 4.78 is 49.6. The van der Waals surface area contributed by atoms with Crippen LogP contribution in [-0.2, 0) is 45.1 Å². The highest BCUT2D eigenvalue weighted by Gasteiger charge is 2.30. The Labute approximate surface area is 303 Å². The first-order valence-corrected chi connectivity index (χ1v) is 18.7. The van der Waals surface area contributed by atoms with Gasteiger partial charge in [-0.05, 0) is 54.4 Å². The molecule has 0 fully saturated rings. The van der Waals surface area contributed by atoms with Crippen molar-refractivity contribution in [3.63, 3.8) is 0 Å². The molecule has 50 heavy (non-hydrogen) atoms. The molecular formula is C33H48Cl2N4O10S.